The highest BCUT2D eigenvalue weighted by atomic mass is 79.9. The van der Waals surface area contributed by atoms with Gasteiger partial charge >= 0.3 is 0 Å². The number of oxazole rings is 1. The van der Waals surface area contributed by atoms with Crippen LogP contribution in [0.3, 0.4) is 0 Å². The Hall–Kier alpha value is -0.170. The number of fused-ring (bicyclic) bond motifs is 1. The van der Waals surface area contributed by atoms with Crippen molar-refractivity contribution < 1.29 is 4.42 Å². The summed E-state index contributed by atoms with van der Waals surface area (Å²) in [4.78, 5) is 4.55. The van der Waals surface area contributed by atoms with E-state index in [1.165, 1.54) is 0 Å². The van der Waals surface area contributed by atoms with Crippen LogP contribution in [-0.2, 0) is 0 Å². The summed E-state index contributed by atoms with van der Waals surface area (Å²) in [6, 6.07) is 9.82. The lowest BCUT2D eigenvalue weighted by Crippen LogP contribution is -1.80. The fraction of sp³-hybridized carbons (Fsp3) is 0. The summed E-state index contributed by atoms with van der Waals surface area (Å²) in [5.74, 6) is 0.599. The van der Waals surface area contributed by atoms with Gasteiger partial charge in [-0.2, -0.15) is 0 Å². The van der Waals surface area contributed by atoms with Crippen LogP contribution in [0.1, 0.15) is 0 Å². The van der Waals surface area contributed by atoms with E-state index in [-0.39, 0.29) is 0 Å². The number of halogens is 4. The predicted molar refractivity (Wildman–Crippen MR) is 90.2 cm³/mol. The molecule has 0 atom stereocenters. The quantitative estimate of drug-likeness (QED) is 0.274. The van der Waals surface area contributed by atoms with Gasteiger partial charge in [-0.3, -0.25) is 0 Å². The van der Waals surface area contributed by atoms with E-state index >= 15 is 0 Å². The zero-order valence-corrected chi connectivity index (χ0v) is 15.6. The first kappa shape index (κ1) is 13.8. The Balaban J connectivity index is 2.33. The smallest absolute Gasteiger partial charge is 0.227 e. The van der Waals surface area contributed by atoms with Gasteiger partial charge in [-0.25, -0.2) is 4.98 Å². The van der Waals surface area contributed by atoms with Crippen molar-refractivity contribution in [2.75, 3.05) is 0 Å². The monoisotopic (exact) mass is 507 g/mol. The minimum absolute atomic E-state index is 0.599. The molecule has 0 bridgehead atoms. The summed E-state index contributed by atoms with van der Waals surface area (Å²) in [7, 11) is 0. The van der Waals surface area contributed by atoms with E-state index < -0.39 is 0 Å². The third-order valence-electron chi connectivity index (χ3n) is 2.63. The number of aromatic nitrogens is 1. The first-order chi connectivity index (χ1) is 9.09. The highest BCUT2D eigenvalue weighted by Gasteiger charge is 2.19. The molecule has 3 rings (SSSR count). The van der Waals surface area contributed by atoms with Gasteiger partial charge in [0, 0.05) is 10.0 Å². The van der Waals surface area contributed by atoms with Crippen LogP contribution in [0.5, 0.6) is 0 Å². The van der Waals surface area contributed by atoms with Crippen LogP contribution in [0.25, 0.3) is 22.6 Å². The fourth-order valence-corrected chi connectivity index (χ4v) is 3.95. The average Bonchev–Trinajstić information content (AvgIpc) is 2.89. The standard InChI is InChI=1S/C13H5Br4NO/c14-7-8(15)10(17)12-11(9(7)16)18-13(19-12)6-4-2-1-3-5-6/h1-5H. The average molecular weight is 511 g/mol. The maximum absolute atomic E-state index is 5.86. The van der Waals surface area contributed by atoms with Crippen molar-refractivity contribution in [2.24, 2.45) is 0 Å². The van der Waals surface area contributed by atoms with Crippen LogP contribution in [0.15, 0.2) is 52.6 Å². The summed E-state index contributed by atoms with van der Waals surface area (Å²) in [6.45, 7) is 0. The molecule has 3 aromatic rings. The Morgan fingerprint density at radius 3 is 2.11 bits per heavy atom. The molecule has 2 aromatic carbocycles. The molecular formula is C13H5Br4NO. The minimum atomic E-state index is 0.599. The van der Waals surface area contributed by atoms with E-state index in [4.69, 9.17) is 4.42 Å². The first-order valence-electron chi connectivity index (χ1n) is 5.27. The van der Waals surface area contributed by atoms with Gasteiger partial charge < -0.3 is 4.42 Å². The molecule has 0 spiro atoms. The van der Waals surface area contributed by atoms with Crippen LogP contribution in [0.2, 0.25) is 0 Å². The third kappa shape index (κ3) is 2.33. The van der Waals surface area contributed by atoms with E-state index in [0.29, 0.717) is 11.5 Å². The second kappa shape index (κ2) is 5.31. The summed E-state index contributed by atoms with van der Waals surface area (Å²) >= 11 is 14.1. The SMILES string of the molecule is Brc1c(Br)c(Br)c2oc(-c3ccccc3)nc2c1Br. The fourth-order valence-electron chi connectivity index (χ4n) is 1.72. The van der Waals surface area contributed by atoms with Crippen molar-refractivity contribution in [3.05, 3.63) is 48.2 Å². The molecule has 0 fully saturated rings. The Kier molecular flexibility index (Phi) is 3.86. The molecule has 0 N–H and O–H groups in total. The van der Waals surface area contributed by atoms with Gasteiger partial charge in [0.2, 0.25) is 5.89 Å². The molecule has 0 saturated carbocycles. The summed E-state index contributed by atoms with van der Waals surface area (Å²) < 4.78 is 9.36. The van der Waals surface area contributed by atoms with Crippen molar-refractivity contribution in [3.63, 3.8) is 0 Å². The lowest BCUT2D eigenvalue weighted by atomic mass is 10.2. The molecule has 6 heteroatoms. The number of nitrogens with zero attached hydrogens (tertiary/aromatic N) is 1. The second-order valence-corrected chi connectivity index (χ2v) is 6.99. The Morgan fingerprint density at radius 1 is 0.789 bits per heavy atom. The first-order valence-corrected chi connectivity index (χ1v) is 8.44. The van der Waals surface area contributed by atoms with Crippen molar-refractivity contribution in [1.29, 1.82) is 0 Å². The lowest BCUT2D eigenvalue weighted by molar-refractivity contribution is 0.618. The second-order valence-electron chi connectivity index (χ2n) is 3.82. The molecule has 0 aliphatic heterocycles. The van der Waals surface area contributed by atoms with Crippen molar-refractivity contribution >= 4 is 74.8 Å². The molecule has 0 unspecified atom stereocenters. The van der Waals surface area contributed by atoms with E-state index in [0.717, 1.165) is 29.0 Å². The molecule has 0 saturated heterocycles. The molecule has 19 heavy (non-hydrogen) atoms. The van der Waals surface area contributed by atoms with Crippen LogP contribution >= 0.6 is 63.7 Å². The van der Waals surface area contributed by atoms with Gasteiger partial charge in [0.05, 0.1) is 13.4 Å². The maximum atomic E-state index is 5.86. The molecule has 0 radical (unpaired) electrons. The molecule has 0 aliphatic rings. The zero-order valence-electron chi connectivity index (χ0n) is 9.25. The topological polar surface area (TPSA) is 26.0 Å². The molecular weight excluding hydrogens is 506 g/mol. The van der Waals surface area contributed by atoms with Crippen molar-refractivity contribution in [1.82, 2.24) is 4.98 Å². The molecule has 1 heterocycles. The molecule has 0 amide bonds. The normalized spacial score (nSPS) is 11.2. The number of hydrogen-bond donors (Lipinski definition) is 0. The van der Waals surface area contributed by atoms with Crippen molar-refractivity contribution in [3.8, 4) is 11.5 Å². The summed E-state index contributed by atoms with van der Waals surface area (Å²) in [6.07, 6.45) is 0. The van der Waals surface area contributed by atoms with Crippen molar-refractivity contribution in [2.45, 2.75) is 0 Å². The Morgan fingerprint density at radius 2 is 1.42 bits per heavy atom. The summed E-state index contributed by atoms with van der Waals surface area (Å²) in [5, 5.41) is 0. The molecule has 1 aromatic heterocycles. The van der Waals surface area contributed by atoms with E-state index in [9.17, 15) is 0 Å². The van der Waals surface area contributed by atoms with E-state index in [1.807, 2.05) is 30.3 Å². The highest BCUT2D eigenvalue weighted by Crippen LogP contribution is 2.44. The predicted octanol–water partition coefficient (Wildman–Crippen LogP) is 6.54. The summed E-state index contributed by atoms with van der Waals surface area (Å²) in [5.41, 5.74) is 2.44. The minimum Gasteiger partial charge on any atom is -0.435 e. The third-order valence-corrected chi connectivity index (χ3v) is 7.34. The van der Waals surface area contributed by atoms with Gasteiger partial charge in [0.15, 0.2) is 5.58 Å². The molecule has 96 valence electrons. The number of benzene rings is 2. The van der Waals surface area contributed by atoms with Crippen LogP contribution in [0.4, 0.5) is 0 Å². The van der Waals surface area contributed by atoms with Gasteiger partial charge in [-0.15, -0.1) is 0 Å². The highest BCUT2D eigenvalue weighted by molar-refractivity contribution is 9.15. The largest absolute Gasteiger partial charge is 0.435 e. The van der Waals surface area contributed by atoms with Gasteiger partial charge in [0.25, 0.3) is 0 Å². The number of hydrogen-bond acceptors (Lipinski definition) is 2. The van der Waals surface area contributed by atoms with Gasteiger partial charge in [-0.05, 0) is 75.9 Å². The van der Waals surface area contributed by atoms with Crippen LogP contribution < -0.4 is 0 Å². The lowest BCUT2D eigenvalue weighted by Gasteiger charge is -2.02. The maximum Gasteiger partial charge on any atom is 0.227 e. The Bertz CT molecular complexity index is 722. The zero-order chi connectivity index (χ0) is 13.6. The van der Waals surface area contributed by atoms with E-state index in [2.05, 4.69) is 68.7 Å². The van der Waals surface area contributed by atoms with Gasteiger partial charge in [0.1, 0.15) is 5.52 Å². The van der Waals surface area contributed by atoms with Crippen LogP contribution in [-0.4, -0.2) is 4.98 Å². The number of rotatable bonds is 1. The molecule has 0 aliphatic carbocycles. The Labute approximate surface area is 143 Å². The van der Waals surface area contributed by atoms with Crippen LogP contribution in [0, 0.1) is 0 Å². The van der Waals surface area contributed by atoms with Gasteiger partial charge in [-0.1, -0.05) is 18.2 Å². The van der Waals surface area contributed by atoms with E-state index in [1.54, 1.807) is 0 Å². The molecule has 2 nitrogen and oxygen atoms in total.